The van der Waals surface area contributed by atoms with Gasteiger partial charge >= 0.3 is 0 Å². The second-order valence-electron chi connectivity index (χ2n) is 6.87. The van der Waals surface area contributed by atoms with E-state index in [4.69, 9.17) is 4.42 Å². The average Bonchev–Trinajstić information content (AvgIpc) is 2.62. The van der Waals surface area contributed by atoms with Gasteiger partial charge in [-0.1, -0.05) is 0 Å². The van der Waals surface area contributed by atoms with Crippen LogP contribution in [0.15, 0.2) is 27.7 Å². The van der Waals surface area contributed by atoms with Crippen LogP contribution in [0.1, 0.15) is 44.7 Å². The van der Waals surface area contributed by atoms with Crippen molar-refractivity contribution in [2.45, 2.75) is 47.7 Å². The van der Waals surface area contributed by atoms with Crippen molar-refractivity contribution in [2.75, 3.05) is 0 Å². The first-order valence-electron chi connectivity index (χ1n) is 8.71. The van der Waals surface area contributed by atoms with Crippen LogP contribution in [0.4, 0.5) is 0 Å². The predicted molar refractivity (Wildman–Crippen MR) is 102 cm³/mol. The molecule has 0 fully saturated rings. The minimum absolute atomic E-state index is 0.0565. The van der Waals surface area contributed by atoms with Gasteiger partial charge in [0.2, 0.25) is 0 Å². The zero-order valence-corrected chi connectivity index (χ0v) is 15.9. The van der Waals surface area contributed by atoms with Crippen molar-refractivity contribution in [1.82, 2.24) is 10.6 Å². The van der Waals surface area contributed by atoms with Crippen LogP contribution in [0.5, 0.6) is 0 Å². The lowest BCUT2D eigenvalue weighted by molar-refractivity contribution is -0.116. The Morgan fingerprint density at radius 1 is 1.08 bits per heavy atom. The fourth-order valence-corrected chi connectivity index (χ4v) is 3.35. The zero-order valence-electron chi connectivity index (χ0n) is 15.9. The first kappa shape index (κ1) is 18.0. The number of amides is 1. The van der Waals surface area contributed by atoms with Crippen LogP contribution in [-0.2, 0) is 17.9 Å². The van der Waals surface area contributed by atoms with Gasteiger partial charge in [-0.3, -0.25) is 9.59 Å². The van der Waals surface area contributed by atoms with Crippen molar-refractivity contribution in [3.63, 3.8) is 0 Å². The van der Waals surface area contributed by atoms with E-state index in [1.165, 1.54) is 34.6 Å². The summed E-state index contributed by atoms with van der Waals surface area (Å²) in [6.07, 6.45) is 3.17. The van der Waals surface area contributed by atoms with Crippen LogP contribution >= 0.6 is 0 Å². The Morgan fingerprint density at radius 2 is 1.77 bits per heavy atom. The van der Waals surface area contributed by atoms with E-state index in [9.17, 15) is 9.59 Å². The number of fused-ring (bicyclic) bond motifs is 1. The van der Waals surface area contributed by atoms with E-state index < -0.39 is 0 Å². The number of carbonyl (C=O) groups excluding carboxylic acids is 1. The number of aryl methyl sites for hydroxylation is 1. The van der Waals surface area contributed by atoms with E-state index in [2.05, 4.69) is 38.3 Å². The van der Waals surface area contributed by atoms with Gasteiger partial charge in [0.1, 0.15) is 5.76 Å². The van der Waals surface area contributed by atoms with Crippen molar-refractivity contribution in [3.05, 3.63) is 73.5 Å². The number of nitrogens with one attached hydrogen (secondary N) is 2. The third kappa shape index (κ3) is 3.05. The second-order valence-corrected chi connectivity index (χ2v) is 6.87. The highest BCUT2D eigenvalue weighted by Crippen LogP contribution is 2.33. The SMILES string of the molecule is Cc1c(C)c(C)c2c(c1C)CNC(=O)/C2=C\NCc1cc(=O)c(C)co1. The van der Waals surface area contributed by atoms with Crippen LogP contribution in [0.3, 0.4) is 0 Å². The van der Waals surface area contributed by atoms with Crippen molar-refractivity contribution >= 4 is 11.5 Å². The van der Waals surface area contributed by atoms with Crippen LogP contribution in [0, 0.1) is 34.6 Å². The molecule has 1 aliphatic heterocycles. The summed E-state index contributed by atoms with van der Waals surface area (Å²) < 4.78 is 5.41. The zero-order chi connectivity index (χ0) is 19.0. The van der Waals surface area contributed by atoms with E-state index >= 15 is 0 Å². The normalized spacial score (nSPS) is 15.0. The molecule has 0 spiro atoms. The topological polar surface area (TPSA) is 71.3 Å². The highest BCUT2D eigenvalue weighted by molar-refractivity contribution is 6.21. The van der Waals surface area contributed by atoms with Crippen LogP contribution < -0.4 is 16.1 Å². The van der Waals surface area contributed by atoms with E-state index in [-0.39, 0.29) is 11.3 Å². The standard InChI is InChI=1S/C21H24N2O3/c1-11-10-26-16(6-19(11)24)7-22-8-18-20-15(5)13(3)12(2)14(4)17(20)9-23-21(18)25/h6,8,10,22H,7,9H2,1-5H3,(H,23,25)/b18-8-. The van der Waals surface area contributed by atoms with Gasteiger partial charge in [0.15, 0.2) is 5.43 Å². The van der Waals surface area contributed by atoms with Gasteiger partial charge in [0, 0.05) is 24.4 Å². The maximum absolute atomic E-state index is 12.5. The average molecular weight is 352 g/mol. The quantitative estimate of drug-likeness (QED) is 0.833. The molecule has 0 unspecified atom stereocenters. The van der Waals surface area contributed by atoms with E-state index in [1.54, 1.807) is 13.1 Å². The van der Waals surface area contributed by atoms with Crippen LogP contribution in [0.25, 0.3) is 5.57 Å². The van der Waals surface area contributed by atoms with Crippen molar-refractivity contribution in [2.24, 2.45) is 0 Å². The second kappa shape index (κ2) is 6.83. The van der Waals surface area contributed by atoms with Crippen molar-refractivity contribution in [1.29, 1.82) is 0 Å². The van der Waals surface area contributed by atoms with E-state index in [0.29, 0.717) is 30.0 Å². The van der Waals surface area contributed by atoms with Gasteiger partial charge in [-0.15, -0.1) is 0 Å². The van der Waals surface area contributed by atoms with E-state index in [0.717, 1.165) is 11.1 Å². The van der Waals surface area contributed by atoms with E-state index in [1.807, 2.05) is 0 Å². The molecule has 2 heterocycles. The van der Waals surface area contributed by atoms with Gasteiger partial charge in [-0.05, 0) is 68.0 Å². The van der Waals surface area contributed by atoms with Gasteiger partial charge < -0.3 is 15.1 Å². The number of benzene rings is 1. The number of hydrogen-bond acceptors (Lipinski definition) is 4. The molecule has 2 aromatic rings. The molecule has 136 valence electrons. The maximum Gasteiger partial charge on any atom is 0.253 e. The Labute approximate surface area is 153 Å². The summed E-state index contributed by atoms with van der Waals surface area (Å²) in [5.41, 5.74) is 8.14. The molecule has 5 nitrogen and oxygen atoms in total. The Balaban J connectivity index is 1.95. The maximum atomic E-state index is 12.5. The lowest BCUT2D eigenvalue weighted by atomic mass is 9.83. The fraction of sp³-hybridized carbons (Fsp3) is 0.333. The molecular formula is C21H24N2O3. The molecule has 3 rings (SSSR count). The van der Waals surface area contributed by atoms with Crippen molar-refractivity contribution in [3.8, 4) is 0 Å². The summed E-state index contributed by atoms with van der Waals surface area (Å²) in [5, 5.41) is 6.06. The summed E-state index contributed by atoms with van der Waals surface area (Å²) in [6.45, 7) is 11.0. The van der Waals surface area contributed by atoms with Gasteiger partial charge in [-0.2, -0.15) is 0 Å². The Hall–Kier alpha value is -2.82. The minimum atomic E-state index is -0.0962. The number of hydrogen-bond donors (Lipinski definition) is 2. The van der Waals surface area contributed by atoms with Gasteiger partial charge in [-0.25, -0.2) is 0 Å². The summed E-state index contributed by atoms with van der Waals surface area (Å²) in [5.74, 6) is 0.433. The smallest absolute Gasteiger partial charge is 0.253 e. The monoisotopic (exact) mass is 352 g/mol. The molecule has 1 amide bonds. The molecule has 1 aromatic carbocycles. The molecule has 2 N–H and O–H groups in total. The molecule has 0 aliphatic carbocycles. The first-order chi connectivity index (χ1) is 12.3. The van der Waals surface area contributed by atoms with Crippen LogP contribution in [-0.4, -0.2) is 5.91 Å². The highest BCUT2D eigenvalue weighted by atomic mass is 16.3. The Morgan fingerprint density at radius 3 is 2.46 bits per heavy atom. The fourth-order valence-electron chi connectivity index (χ4n) is 3.35. The molecular weight excluding hydrogens is 328 g/mol. The lowest BCUT2D eigenvalue weighted by Crippen LogP contribution is -2.32. The third-order valence-electron chi connectivity index (χ3n) is 5.35. The predicted octanol–water partition coefficient (Wildman–Crippen LogP) is 2.94. The molecule has 0 bridgehead atoms. The molecule has 1 aliphatic rings. The molecule has 0 atom stereocenters. The highest BCUT2D eigenvalue weighted by Gasteiger charge is 2.26. The number of carbonyl (C=O) groups is 1. The molecule has 26 heavy (non-hydrogen) atoms. The Kier molecular flexibility index (Phi) is 4.72. The summed E-state index contributed by atoms with van der Waals surface area (Å²) >= 11 is 0. The van der Waals surface area contributed by atoms with Gasteiger partial charge in [0.05, 0.1) is 18.4 Å². The summed E-state index contributed by atoms with van der Waals surface area (Å²) in [4.78, 5) is 24.2. The number of rotatable bonds is 3. The first-order valence-corrected chi connectivity index (χ1v) is 8.71. The van der Waals surface area contributed by atoms with Crippen LogP contribution in [0.2, 0.25) is 0 Å². The van der Waals surface area contributed by atoms with Crippen molar-refractivity contribution < 1.29 is 9.21 Å². The molecule has 1 aromatic heterocycles. The summed E-state index contributed by atoms with van der Waals surface area (Å²) in [7, 11) is 0. The molecule has 0 saturated heterocycles. The third-order valence-corrected chi connectivity index (χ3v) is 5.35. The molecule has 5 heteroatoms. The molecule has 0 radical (unpaired) electrons. The largest absolute Gasteiger partial charge is 0.467 e. The molecule has 0 saturated carbocycles. The summed E-state index contributed by atoms with van der Waals surface area (Å²) in [6, 6.07) is 1.47. The minimum Gasteiger partial charge on any atom is -0.467 e. The lowest BCUT2D eigenvalue weighted by Gasteiger charge is -2.26. The Bertz CT molecular complexity index is 984. The van der Waals surface area contributed by atoms with Gasteiger partial charge in [0.25, 0.3) is 5.91 Å².